The van der Waals surface area contributed by atoms with Crippen molar-refractivity contribution < 1.29 is 8.42 Å². The molecule has 1 aliphatic heterocycles. The van der Waals surface area contributed by atoms with Crippen LogP contribution in [0.1, 0.15) is 11.9 Å². The molecule has 2 heterocycles. The summed E-state index contributed by atoms with van der Waals surface area (Å²) >= 11 is 1.28. The third kappa shape index (κ3) is 1.95. The van der Waals surface area contributed by atoms with Crippen molar-refractivity contribution in [1.29, 1.82) is 0 Å². The summed E-state index contributed by atoms with van der Waals surface area (Å²) in [5.74, 6) is 0.160. The summed E-state index contributed by atoms with van der Waals surface area (Å²) in [5, 5.41) is 2.20. The molecule has 0 aliphatic carbocycles. The van der Waals surface area contributed by atoms with E-state index in [1.165, 1.54) is 18.4 Å². The van der Waals surface area contributed by atoms with Gasteiger partial charge in [0.1, 0.15) is 22.1 Å². The van der Waals surface area contributed by atoms with Gasteiger partial charge in [-0.15, -0.1) is 11.3 Å². The van der Waals surface area contributed by atoms with Crippen LogP contribution in [0.15, 0.2) is 10.4 Å². The molecule has 1 aliphatic rings. The Bertz CT molecular complexity index is 578. The maximum Gasteiger partial charge on any atom is 0.239 e. The fourth-order valence-electron chi connectivity index (χ4n) is 1.59. The Morgan fingerprint density at radius 1 is 1.53 bits per heavy atom. The number of nitrogens with two attached hydrogens (primary N) is 2. The van der Waals surface area contributed by atoms with Gasteiger partial charge in [0, 0.05) is 12.4 Å². The Morgan fingerprint density at radius 2 is 2.18 bits per heavy atom. The number of anilines is 1. The van der Waals surface area contributed by atoms with E-state index in [1.54, 1.807) is 12.3 Å². The van der Waals surface area contributed by atoms with Crippen LogP contribution < -0.4 is 11.5 Å². The van der Waals surface area contributed by atoms with Gasteiger partial charge in [-0.05, 0) is 6.92 Å². The Kier molecular flexibility index (Phi) is 2.54. The molecule has 0 amide bonds. The first-order valence-electron chi connectivity index (χ1n) is 4.78. The predicted molar refractivity (Wildman–Crippen MR) is 67.1 cm³/mol. The highest BCUT2D eigenvalue weighted by molar-refractivity contribution is 7.89. The van der Waals surface area contributed by atoms with Crippen molar-refractivity contribution in [2.75, 3.05) is 18.5 Å². The molecule has 0 aromatic carbocycles. The number of nitrogens with zero attached hydrogens (tertiary/aromatic N) is 3. The number of aromatic nitrogens is 1. The lowest BCUT2D eigenvalue weighted by Gasteiger charge is -2.32. The SMILES string of the molecule is CN1C(N)=NC(C)(c2nc(N)cs2)CS1(=O)=O. The van der Waals surface area contributed by atoms with Gasteiger partial charge < -0.3 is 11.5 Å². The molecule has 1 aromatic heterocycles. The minimum atomic E-state index is -3.45. The molecule has 94 valence electrons. The number of thiazole rings is 1. The molecular formula is C8H13N5O2S2. The van der Waals surface area contributed by atoms with Crippen molar-refractivity contribution in [2.24, 2.45) is 10.7 Å². The molecule has 17 heavy (non-hydrogen) atoms. The van der Waals surface area contributed by atoms with Crippen LogP contribution in [0.3, 0.4) is 0 Å². The molecule has 0 saturated heterocycles. The number of aliphatic imine (C=N–C) groups is 1. The van der Waals surface area contributed by atoms with Crippen LogP contribution in [0.5, 0.6) is 0 Å². The Labute approximate surface area is 103 Å². The fraction of sp³-hybridized carbons (Fsp3) is 0.500. The number of rotatable bonds is 1. The zero-order valence-electron chi connectivity index (χ0n) is 9.41. The highest BCUT2D eigenvalue weighted by Gasteiger charge is 2.42. The maximum atomic E-state index is 11.9. The van der Waals surface area contributed by atoms with E-state index < -0.39 is 15.6 Å². The third-order valence-corrected chi connectivity index (χ3v) is 5.61. The van der Waals surface area contributed by atoms with Crippen molar-refractivity contribution in [3.8, 4) is 0 Å². The summed E-state index contributed by atoms with van der Waals surface area (Å²) in [6.07, 6.45) is 0. The lowest BCUT2D eigenvalue weighted by molar-refractivity contribution is 0.475. The van der Waals surface area contributed by atoms with E-state index in [9.17, 15) is 8.42 Å². The van der Waals surface area contributed by atoms with E-state index in [1.807, 2.05) is 0 Å². The van der Waals surface area contributed by atoms with Gasteiger partial charge in [-0.3, -0.25) is 0 Å². The van der Waals surface area contributed by atoms with Gasteiger partial charge in [-0.1, -0.05) is 0 Å². The highest BCUT2D eigenvalue weighted by Crippen LogP contribution is 2.33. The van der Waals surface area contributed by atoms with Gasteiger partial charge in [-0.2, -0.15) is 0 Å². The van der Waals surface area contributed by atoms with Crippen molar-refractivity contribution in [2.45, 2.75) is 12.5 Å². The summed E-state index contributed by atoms with van der Waals surface area (Å²) < 4.78 is 24.8. The van der Waals surface area contributed by atoms with Gasteiger partial charge in [-0.25, -0.2) is 22.7 Å². The van der Waals surface area contributed by atoms with E-state index in [4.69, 9.17) is 11.5 Å². The fourth-order valence-corrected chi connectivity index (χ4v) is 3.93. The number of hydrogen-bond acceptors (Lipinski definition) is 7. The molecule has 1 atom stereocenters. The van der Waals surface area contributed by atoms with Crippen LogP contribution >= 0.6 is 11.3 Å². The average molecular weight is 275 g/mol. The first-order chi connectivity index (χ1) is 7.74. The molecular weight excluding hydrogens is 262 g/mol. The summed E-state index contributed by atoms with van der Waals surface area (Å²) in [6.45, 7) is 1.68. The molecule has 1 unspecified atom stereocenters. The predicted octanol–water partition coefficient (Wildman–Crippen LogP) is -0.470. The van der Waals surface area contributed by atoms with E-state index in [2.05, 4.69) is 9.98 Å². The van der Waals surface area contributed by atoms with Gasteiger partial charge in [0.15, 0.2) is 0 Å². The summed E-state index contributed by atoms with van der Waals surface area (Å²) in [6, 6.07) is 0. The minimum Gasteiger partial charge on any atom is -0.383 e. The molecule has 4 N–H and O–H groups in total. The smallest absolute Gasteiger partial charge is 0.239 e. The van der Waals surface area contributed by atoms with Crippen molar-refractivity contribution >= 4 is 33.1 Å². The van der Waals surface area contributed by atoms with E-state index in [0.717, 1.165) is 4.31 Å². The van der Waals surface area contributed by atoms with Crippen molar-refractivity contribution in [3.05, 3.63) is 10.4 Å². The van der Waals surface area contributed by atoms with Gasteiger partial charge in [0.05, 0.1) is 0 Å². The maximum absolute atomic E-state index is 11.9. The lowest BCUT2D eigenvalue weighted by atomic mass is 10.1. The van der Waals surface area contributed by atoms with Crippen LogP contribution in [-0.2, 0) is 15.6 Å². The molecule has 7 nitrogen and oxygen atoms in total. The zero-order chi connectivity index (χ0) is 12.8. The van der Waals surface area contributed by atoms with Crippen molar-refractivity contribution in [3.63, 3.8) is 0 Å². The van der Waals surface area contributed by atoms with E-state index in [0.29, 0.717) is 10.8 Å². The molecule has 2 rings (SSSR count). The number of guanidine groups is 1. The lowest BCUT2D eigenvalue weighted by Crippen LogP contribution is -2.50. The van der Waals surface area contributed by atoms with Gasteiger partial charge in [0.2, 0.25) is 16.0 Å². The Hall–Kier alpha value is -1.35. The monoisotopic (exact) mass is 275 g/mol. The topological polar surface area (TPSA) is 115 Å². The molecule has 0 spiro atoms. The second-order valence-electron chi connectivity index (χ2n) is 4.05. The Morgan fingerprint density at radius 3 is 2.65 bits per heavy atom. The highest BCUT2D eigenvalue weighted by atomic mass is 32.2. The molecule has 0 saturated carbocycles. The van der Waals surface area contributed by atoms with Crippen LogP contribution in [-0.4, -0.2) is 36.5 Å². The summed E-state index contributed by atoms with van der Waals surface area (Å²) in [5.41, 5.74) is 10.2. The zero-order valence-corrected chi connectivity index (χ0v) is 11.0. The van der Waals surface area contributed by atoms with Gasteiger partial charge >= 0.3 is 0 Å². The average Bonchev–Trinajstić information content (AvgIpc) is 2.61. The molecule has 1 aromatic rings. The summed E-state index contributed by atoms with van der Waals surface area (Å²) in [7, 11) is -2.07. The van der Waals surface area contributed by atoms with Crippen LogP contribution in [0.25, 0.3) is 0 Å². The van der Waals surface area contributed by atoms with E-state index >= 15 is 0 Å². The Balaban J connectivity index is 2.53. The van der Waals surface area contributed by atoms with Gasteiger partial charge in [0.25, 0.3) is 0 Å². The second-order valence-corrected chi connectivity index (χ2v) is 6.90. The van der Waals surface area contributed by atoms with Crippen LogP contribution in [0.2, 0.25) is 0 Å². The molecule has 0 fully saturated rings. The molecule has 0 radical (unpaired) electrons. The normalized spacial score (nSPS) is 27.9. The molecule has 0 bridgehead atoms. The quantitative estimate of drug-likeness (QED) is 0.719. The number of nitrogen functional groups attached to an aromatic ring is 1. The first kappa shape index (κ1) is 12.1. The minimum absolute atomic E-state index is 0.0347. The third-order valence-electron chi connectivity index (χ3n) is 2.55. The summed E-state index contributed by atoms with van der Waals surface area (Å²) in [4.78, 5) is 8.29. The standard InChI is InChI=1S/C8H13N5O2S2/c1-8(6-11-5(9)3-16-6)4-17(14,15)13(2)7(10)12-8/h3H,4,9H2,1-2H3,(H2,10,12). The first-order valence-corrected chi connectivity index (χ1v) is 7.27. The number of hydrogen-bond donors (Lipinski definition) is 2. The largest absolute Gasteiger partial charge is 0.383 e. The second kappa shape index (κ2) is 3.57. The number of sulfonamides is 1. The van der Waals surface area contributed by atoms with E-state index in [-0.39, 0.29) is 11.7 Å². The van der Waals surface area contributed by atoms with Crippen LogP contribution in [0.4, 0.5) is 5.82 Å². The molecule has 9 heteroatoms. The van der Waals surface area contributed by atoms with Crippen LogP contribution in [0, 0.1) is 0 Å². The van der Waals surface area contributed by atoms with Crippen molar-refractivity contribution in [1.82, 2.24) is 9.29 Å².